The van der Waals surface area contributed by atoms with Crippen LogP contribution in [-0.2, 0) is 16.0 Å². The zero-order valence-electron chi connectivity index (χ0n) is 8.30. The SMILES string of the molecule is COc1ccc(C[C@@H]2O[C@H]2C(=O)[O-])cc1. The Morgan fingerprint density at radius 3 is 2.60 bits per heavy atom. The first kappa shape index (κ1) is 9.98. The molecule has 1 aliphatic rings. The first-order valence-electron chi connectivity index (χ1n) is 4.70. The Bertz CT molecular complexity index is 357. The molecule has 0 bridgehead atoms. The van der Waals surface area contributed by atoms with E-state index in [0.29, 0.717) is 6.42 Å². The number of methoxy groups -OCH3 is 1. The summed E-state index contributed by atoms with van der Waals surface area (Å²) in [5.41, 5.74) is 1.03. The molecule has 0 radical (unpaired) electrons. The highest BCUT2D eigenvalue weighted by atomic mass is 16.6. The number of rotatable bonds is 4. The zero-order chi connectivity index (χ0) is 10.8. The number of hydrogen-bond donors (Lipinski definition) is 0. The number of carbonyl (C=O) groups excluding carboxylic acids is 1. The monoisotopic (exact) mass is 207 g/mol. The number of hydrogen-bond acceptors (Lipinski definition) is 4. The standard InChI is InChI=1S/C11H12O4/c1-14-8-4-2-7(3-5-8)6-9-10(15-9)11(12)13/h2-5,9-10H,6H2,1H3,(H,12,13)/p-1/t9-,10+/m0/s1. The summed E-state index contributed by atoms with van der Waals surface area (Å²) in [5, 5.41) is 10.4. The number of aliphatic carboxylic acids is 1. The zero-order valence-corrected chi connectivity index (χ0v) is 8.30. The van der Waals surface area contributed by atoms with Crippen molar-refractivity contribution in [2.45, 2.75) is 18.6 Å². The van der Waals surface area contributed by atoms with Crippen LogP contribution in [0, 0.1) is 0 Å². The molecule has 2 atom stereocenters. The molecule has 4 nitrogen and oxygen atoms in total. The minimum atomic E-state index is -1.13. The summed E-state index contributed by atoms with van der Waals surface area (Å²) in [5.74, 6) is -0.347. The van der Waals surface area contributed by atoms with Crippen LogP contribution in [0.2, 0.25) is 0 Å². The molecule has 0 aromatic heterocycles. The second-order valence-electron chi connectivity index (χ2n) is 3.47. The van der Waals surface area contributed by atoms with E-state index in [1.165, 1.54) is 0 Å². The predicted octanol–water partition coefficient (Wildman–Crippen LogP) is -0.245. The van der Waals surface area contributed by atoms with Gasteiger partial charge in [-0.1, -0.05) is 12.1 Å². The first-order valence-corrected chi connectivity index (χ1v) is 4.70. The minimum absolute atomic E-state index is 0.233. The van der Waals surface area contributed by atoms with Gasteiger partial charge in [0.1, 0.15) is 11.9 Å². The molecule has 0 amide bonds. The Morgan fingerprint density at radius 2 is 2.13 bits per heavy atom. The maximum atomic E-state index is 10.4. The fourth-order valence-electron chi connectivity index (χ4n) is 1.50. The first-order chi connectivity index (χ1) is 7.20. The molecule has 0 saturated carbocycles. The number of ether oxygens (including phenoxy) is 2. The Kier molecular flexibility index (Phi) is 2.60. The molecule has 1 heterocycles. The largest absolute Gasteiger partial charge is 0.547 e. The lowest BCUT2D eigenvalue weighted by molar-refractivity contribution is -0.307. The lowest BCUT2D eigenvalue weighted by Gasteiger charge is -2.01. The Balaban J connectivity index is 1.92. The van der Waals surface area contributed by atoms with Crippen LogP contribution in [0.3, 0.4) is 0 Å². The lowest BCUT2D eigenvalue weighted by atomic mass is 10.1. The van der Waals surface area contributed by atoms with E-state index >= 15 is 0 Å². The molecular formula is C11H11O4-. The highest BCUT2D eigenvalue weighted by Crippen LogP contribution is 2.26. The summed E-state index contributed by atoms with van der Waals surface area (Å²) in [6, 6.07) is 7.47. The van der Waals surface area contributed by atoms with Gasteiger partial charge in [0.2, 0.25) is 0 Å². The number of carbonyl (C=O) groups is 1. The molecule has 0 unspecified atom stereocenters. The van der Waals surface area contributed by atoms with E-state index in [4.69, 9.17) is 9.47 Å². The smallest absolute Gasteiger partial charge is 0.124 e. The molecule has 4 heteroatoms. The number of carboxylic acid groups (broad SMARTS) is 1. The van der Waals surface area contributed by atoms with Crippen LogP contribution in [0.4, 0.5) is 0 Å². The molecular weight excluding hydrogens is 196 g/mol. The summed E-state index contributed by atoms with van der Waals surface area (Å²) >= 11 is 0. The van der Waals surface area contributed by atoms with E-state index < -0.39 is 12.1 Å². The van der Waals surface area contributed by atoms with Gasteiger partial charge in [-0.25, -0.2) is 0 Å². The van der Waals surface area contributed by atoms with Crippen LogP contribution < -0.4 is 9.84 Å². The number of epoxide rings is 1. The fourth-order valence-corrected chi connectivity index (χ4v) is 1.50. The van der Waals surface area contributed by atoms with Gasteiger partial charge >= 0.3 is 0 Å². The summed E-state index contributed by atoms with van der Waals surface area (Å²) in [7, 11) is 1.60. The van der Waals surface area contributed by atoms with E-state index in [9.17, 15) is 9.90 Å². The Hall–Kier alpha value is -1.55. The molecule has 1 saturated heterocycles. The van der Waals surface area contributed by atoms with Crippen molar-refractivity contribution in [3.8, 4) is 5.75 Å². The van der Waals surface area contributed by atoms with Gasteiger partial charge in [-0.2, -0.15) is 0 Å². The molecule has 2 rings (SSSR count). The molecule has 15 heavy (non-hydrogen) atoms. The van der Waals surface area contributed by atoms with E-state index in [1.54, 1.807) is 7.11 Å². The minimum Gasteiger partial charge on any atom is -0.547 e. The van der Waals surface area contributed by atoms with Gasteiger partial charge in [0, 0.05) is 6.42 Å². The van der Waals surface area contributed by atoms with Crippen molar-refractivity contribution >= 4 is 5.97 Å². The molecule has 1 aromatic carbocycles. The second-order valence-corrected chi connectivity index (χ2v) is 3.47. The van der Waals surface area contributed by atoms with E-state index in [-0.39, 0.29) is 6.10 Å². The summed E-state index contributed by atoms with van der Waals surface area (Å²) < 4.78 is 9.96. The van der Waals surface area contributed by atoms with Crippen molar-refractivity contribution < 1.29 is 19.4 Å². The molecule has 80 valence electrons. The van der Waals surface area contributed by atoms with Crippen molar-refractivity contribution in [2.75, 3.05) is 7.11 Å². The maximum absolute atomic E-state index is 10.4. The average molecular weight is 207 g/mol. The van der Waals surface area contributed by atoms with Crippen LogP contribution in [0.5, 0.6) is 5.75 Å². The predicted molar refractivity (Wildman–Crippen MR) is 50.4 cm³/mol. The van der Waals surface area contributed by atoms with Crippen molar-refractivity contribution in [3.63, 3.8) is 0 Å². The van der Waals surface area contributed by atoms with Gasteiger partial charge < -0.3 is 19.4 Å². The van der Waals surface area contributed by atoms with Gasteiger partial charge in [0.05, 0.1) is 19.2 Å². The lowest BCUT2D eigenvalue weighted by Crippen LogP contribution is -2.29. The normalized spacial score (nSPS) is 23.5. The van der Waals surface area contributed by atoms with E-state index in [2.05, 4.69) is 0 Å². The third-order valence-corrected chi connectivity index (χ3v) is 2.41. The fraction of sp³-hybridized carbons (Fsp3) is 0.364. The second kappa shape index (κ2) is 3.90. The van der Waals surface area contributed by atoms with Crippen molar-refractivity contribution in [3.05, 3.63) is 29.8 Å². The van der Waals surface area contributed by atoms with Crippen molar-refractivity contribution in [1.29, 1.82) is 0 Å². The van der Waals surface area contributed by atoms with Gasteiger partial charge in [-0.15, -0.1) is 0 Å². The van der Waals surface area contributed by atoms with Crippen LogP contribution in [0.15, 0.2) is 24.3 Å². The molecule has 0 aliphatic carbocycles. The Labute approximate surface area is 87.4 Å². The van der Waals surface area contributed by atoms with E-state index in [1.807, 2.05) is 24.3 Å². The van der Waals surface area contributed by atoms with Crippen LogP contribution in [0.25, 0.3) is 0 Å². The van der Waals surface area contributed by atoms with Crippen LogP contribution in [-0.4, -0.2) is 25.3 Å². The topological polar surface area (TPSA) is 61.9 Å². The molecule has 0 spiro atoms. The van der Waals surface area contributed by atoms with Gasteiger partial charge in [0.25, 0.3) is 0 Å². The number of benzene rings is 1. The highest BCUT2D eigenvalue weighted by Gasteiger charge is 2.39. The van der Waals surface area contributed by atoms with Crippen LogP contribution >= 0.6 is 0 Å². The molecule has 1 fully saturated rings. The van der Waals surface area contributed by atoms with Gasteiger partial charge in [-0.3, -0.25) is 0 Å². The van der Waals surface area contributed by atoms with Crippen LogP contribution in [0.1, 0.15) is 5.56 Å². The van der Waals surface area contributed by atoms with Crippen molar-refractivity contribution in [1.82, 2.24) is 0 Å². The van der Waals surface area contributed by atoms with Crippen molar-refractivity contribution in [2.24, 2.45) is 0 Å². The molecule has 1 aromatic rings. The quantitative estimate of drug-likeness (QED) is 0.639. The third-order valence-electron chi connectivity index (χ3n) is 2.41. The summed E-state index contributed by atoms with van der Waals surface area (Å²) in [4.78, 5) is 10.4. The summed E-state index contributed by atoms with van der Waals surface area (Å²) in [6.07, 6.45) is -0.363. The summed E-state index contributed by atoms with van der Waals surface area (Å²) in [6.45, 7) is 0. The van der Waals surface area contributed by atoms with Gasteiger partial charge in [-0.05, 0) is 17.7 Å². The molecule has 0 N–H and O–H groups in total. The number of carboxylic acids is 1. The average Bonchev–Trinajstić information content (AvgIpc) is 2.98. The van der Waals surface area contributed by atoms with Gasteiger partial charge in [0.15, 0.2) is 0 Å². The van der Waals surface area contributed by atoms with E-state index in [0.717, 1.165) is 11.3 Å². The molecule has 1 aliphatic heterocycles. The third kappa shape index (κ3) is 2.27. The maximum Gasteiger partial charge on any atom is 0.124 e. The Morgan fingerprint density at radius 1 is 1.47 bits per heavy atom. The highest BCUT2D eigenvalue weighted by molar-refractivity contribution is 5.73.